The van der Waals surface area contributed by atoms with E-state index in [0.717, 1.165) is 4.83 Å². The molecule has 0 heterocycles. The Bertz CT molecular complexity index is 52.5. The number of hydrogen-bond donors (Lipinski definition) is 0. The van der Waals surface area contributed by atoms with Crippen molar-refractivity contribution >= 4 is 15.9 Å². The Morgan fingerprint density at radius 3 is 2.33 bits per heavy atom. The van der Waals surface area contributed by atoms with Crippen molar-refractivity contribution in [3.8, 4) is 0 Å². The largest absolute Gasteiger partial charge is 0.0891 e. The summed E-state index contributed by atoms with van der Waals surface area (Å²) in [5.74, 6) is 0. The van der Waals surface area contributed by atoms with Crippen LogP contribution < -0.4 is 0 Å². The molecule has 0 N–H and O–H groups in total. The van der Waals surface area contributed by atoms with Crippen molar-refractivity contribution < 1.29 is 0 Å². The van der Waals surface area contributed by atoms with Crippen molar-refractivity contribution in [2.75, 3.05) is 0 Å². The Kier molecular flexibility index (Phi) is 6.95. The minimum Gasteiger partial charge on any atom is -0.0891 e. The molecule has 9 heavy (non-hydrogen) atoms. The van der Waals surface area contributed by atoms with E-state index in [0.29, 0.717) is 0 Å². The third-order valence-corrected chi connectivity index (χ3v) is 2.67. The van der Waals surface area contributed by atoms with E-state index in [1.807, 2.05) is 0 Å². The second kappa shape index (κ2) is 6.60. The molecule has 0 spiro atoms. The fourth-order valence-corrected chi connectivity index (χ4v) is 1.14. The van der Waals surface area contributed by atoms with Gasteiger partial charge in [-0.05, 0) is 12.8 Å². The van der Waals surface area contributed by atoms with Crippen molar-refractivity contribution in [1.82, 2.24) is 0 Å². The Morgan fingerprint density at radius 1 is 1.22 bits per heavy atom. The van der Waals surface area contributed by atoms with Crippen LogP contribution in [0, 0.1) is 0 Å². The van der Waals surface area contributed by atoms with Gasteiger partial charge >= 0.3 is 0 Å². The fraction of sp³-hybridized carbons (Fsp3) is 1.00. The van der Waals surface area contributed by atoms with Crippen molar-refractivity contribution in [2.24, 2.45) is 0 Å². The number of hydrogen-bond acceptors (Lipinski definition) is 0. The molecule has 0 aromatic heterocycles. The molecule has 0 unspecified atom stereocenters. The molecule has 0 nitrogen and oxygen atoms in total. The normalized spacial score (nSPS) is 13.7. The molecular weight excluding hydrogens is 176 g/mol. The van der Waals surface area contributed by atoms with Crippen LogP contribution in [0.4, 0.5) is 0 Å². The highest BCUT2D eigenvalue weighted by Crippen LogP contribution is 2.13. The van der Waals surface area contributed by atoms with Crippen molar-refractivity contribution in [1.29, 1.82) is 0 Å². The Hall–Kier alpha value is 0.480. The zero-order valence-corrected chi connectivity index (χ0v) is 8.08. The van der Waals surface area contributed by atoms with Crippen molar-refractivity contribution in [3.05, 3.63) is 0 Å². The van der Waals surface area contributed by atoms with E-state index in [9.17, 15) is 0 Å². The molecule has 0 bridgehead atoms. The highest BCUT2D eigenvalue weighted by Gasteiger charge is 1.97. The van der Waals surface area contributed by atoms with Crippen LogP contribution in [-0.2, 0) is 0 Å². The Balaban J connectivity index is 2.88. The molecule has 0 aliphatic carbocycles. The second-order valence-corrected chi connectivity index (χ2v) is 3.80. The first kappa shape index (κ1) is 9.48. The van der Waals surface area contributed by atoms with E-state index >= 15 is 0 Å². The molecule has 0 saturated carbocycles. The Morgan fingerprint density at radius 2 is 1.89 bits per heavy atom. The summed E-state index contributed by atoms with van der Waals surface area (Å²) in [6, 6.07) is 0. The highest BCUT2D eigenvalue weighted by atomic mass is 79.9. The monoisotopic (exact) mass is 192 g/mol. The van der Waals surface area contributed by atoms with E-state index in [-0.39, 0.29) is 0 Å². The summed E-state index contributed by atoms with van der Waals surface area (Å²) in [6.45, 7) is 4.47. The van der Waals surface area contributed by atoms with Crippen LogP contribution >= 0.6 is 15.9 Å². The lowest BCUT2D eigenvalue weighted by Crippen LogP contribution is -1.93. The summed E-state index contributed by atoms with van der Waals surface area (Å²) in [4.78, 5) is 0.768. The molecule has 0 saturated heterocycles. The van der Waals surface area contributed by atoms with Crippen LogP contribution in [0.15, 0.2) is 0 Å². The van der Waals surface area contributed by atoms with Crippen LogP contribution in [0.25, 0.3) is 0 Å². The molecule has 1 heteroatoms. The number of alkyl halides is 1. The van der Waals surface area contributed by atoms with Gasteiger partial charge in [-0.2, -0.15) is 0 Å². The number of halogens is 1. The molecule has 0 aliphatic heterocycles. The summed E-state index contributed by atoms with van der Waals surface area (Å²) in [6.07, 6.45) is 6.74. The van der Waals surface area contributed by atoms with Gasteiger partial charge in [-0.25, -0.2) is 0 Å². The van der Waals surface area contributed by atoms with Gasteiger partial charge in [0.05, 0.1) is 0 Å². The second-order valence-electron chi connectivity index (χ2n) is 2.50. The quantitative estimate of drug-likeness (QED) is 0.460. The van der Waals surface area contributed by atoms with Crippen LogP contribution in [0.2, 0.25) is 0 Å². The summed E-state index contributed by atoms with van der Waals surface area (Å²) >= 11 is 3.61. The minimum atomic E-state index is 0.768. The average Bonchev–Trinajstić information content (AvgIpc) is 1.89. The highest BCUT2D eigenvalue weighted by molar-refractivity contribution is 9.09. The molecule has 0 radical (unpaired) electrons. The molecule has 0 rings (SSSR count). The summed E-state index contributed by atoms with van der Waals surface area (Å²) in [7, 11) is 0. The first-order valence-electron chi connectivity index (χ1n) is 3.95. The summed E-state index contributed by atoms with van der Waals surface area (Å²) < 4.78 is 0. The topological polar surface area (TPSA) is 0 Å². The molecule has 0 aromatic rings. The van der Waals surface area contributed by atoms with Crippen LogP contribution in [0.1, 0.15) is 46.0 Å². The van der Waals surface area contributed by atoms with Gasteiger partial charge in [0.15, 0.2) is 0 Å². The van der Waals surface area contributed by atoms with Crippen LogP contribution in [-0.4, -0.2) is 4.83 Å². The van der Waals surface area contributed by atoms with Gasteiger partial charge in [0.1, 0.15) is 0 Å². The lowest BCUT2D eigenvalue weighted by molar-refractivity contribution is 0.641. The van der Waals surface area contributed by atoms with Crippen molar-refractivity contribution in [3.63, 3.8) is 0 Å². The first-order valence-corrected chi connectivity index (χ1v) is 4.86. The number of unbranched alkanes of at least 4 members (excludes halogenated alkanes) is 2. The fourth-order valence-electron chi connectivity index (χ4n) is 0.820. The van der Waals surface area contributed by atoms with Gasteiger partial charge in [-0.15, -0.1) is 0 Å². The zero-order valence-electron chi connectivity index (χ0n) is 6.49. The maximum atomic E-state index is 3.61. The standard InChI is InChI=1S/C8H17Br/c1-3-5-6-7-8(9)4-2/h8H,3-7H2,1-2H3/t8-/m1/s1. The molecule has 56 valence electrons. The third-order valence-electron chi connectivity index (χ3n) is 1.56. The predicted molar refractivity (Wildman–Crippen MR) is 47.1 cm³/mol. The van der Waals surface area contributed by atoms with E-state index in [1.165, 1.54) is 32.1 Å². The van der Waals surface area contributed by atoms with Crippen LogP contribution in [0.5, 0.6) is 0 Å². The average molecular weight is 193 g/mol. The van der Waals surface area contributed by atoms with Gasteiger partial charge in [0.25, 0.3) is 0 Å². The summed E-state index contributed by atoms with van der Waals surface area (Å²) in [5, 5.41) is 0. The lowest BCUT2D eigenvalue weighted by Gasteiger charge is -2.03. The molecule has 0 fully saturated rings. The SMILES string of the molecule is CCCCC[C@H](Br)CC. The van der Waals surface area contributed by atoms with Gasteiger partial charge in [-0.3, -0.25) is 0 Å². The van der Waals surface area contributed by atoms with E-state index in [2.05, 4.69) is 29.8 Å². The lowest BCUT2D eigenvalue weighted by atomic mass is 10.1. The Labute approximate surface area is 67.2 Å². The molecule has 0 aromatic carbocycles. The van der Waals surface area contributed by atoms with Gasteiger partial charge < -0.3 is 0 Å². The third kappa shape index (κ3) is 6.36. The molecule has 1 atom stereocenters. The van der Waals surface area contributed by atoms with Gasteiger partial charge in [-0.1, -0.05) is 49.0 Å². The molecule has 0 amide bonds. The zero-order chi connectivity index (χ0) is 7.11. The maximum absolute atomic E-state index is 3.61. The minimum absolute atomic E-state index is 0.768. The first-order chi connectivity index (χ1) is 4.31. The van der Waals surface area contributed by atoms with Gasteiger partial charge in [0, 0.05) is 4.83 Å². The predicted octanol–water partition coefficient (Wildman–Crippen LogP) is 3.74. The summed E-state index contributed by atoms with van der Waals surface area (Å²) in [5.41, 5.74) is 0. The molecule has 0 aliphatic rings. The smallest absolute Gasteiger partial charge is 0.0143 e. The number of rotatable bonds is 5. The van der Waals surface area contributed by atoms with E-state index in [4.69, 9.17) is 0 Å². The van der Waals surface area contributed by atoms with E-state index < -0.39 is 0 Å². The van der Waals surface area contributed by atoms with Crippen LogP contribution in [0.3, 0.4) is 0 Å². The van der Waals surface area contributed by atoms with E-state index in [1.54, 1.807) is 0 Å². The molecular formula is C8H17Br. The maximum Gasteiger partial charge on any atom is 0.0143 e. The van der Waals surface area contributed by atoms with Crippen molar-refractivity contribution in [2.45, 2.75) is 50.8 Å². The van der Waals surface area contributed by atoms with Gasteiger partial charge in [0.2, 0.25) is 0 Å².